The second-order valence-electron chi connectivity index (χ2n) is 4.31. The van der Waals surface area contributed by atoms with E-state index in [2.05, 4.69) is 0 Å². The molecule has 1 amide bonds. The minimum absolute atomic E-state index is 0.108. The van der Waals surface area contributed by atoms with Crippen molar-refractivity contribution in [1.82, 2.24) is 4.90 Å². The Balaban J connectivity index is 2.25. The van der Waals surface area contributed by atoms with Crippen molar-refractivity contribution in [2.75, 3.05) is 13.6 Å². The first-order chi connectivity index (χ1) is 6.00. The highest BCUT2D eigenvalue weighted by atomic mass is 35.5. The van der Waals surface area contributed by atoms with Crippen LogP contribution in [-0.2, 0) is 4.79 Å². The Morgan fingerprint density at radius 1 is 1.54 bits per heavy atom. The van der Waals surface area contributed by atoms with E-state index in [1.165, 1.54) is 0 Å². The van der Waals surface area contributed by atoms with Gasteiger partial charge >= 0.3 is 0 Å². The molecule has 76 valence electrons. The molecule has 3 heteroatoms. The topological polar surface area (TPSA) is 20.3 Å². The van der Waals surface area contributed by atoms with Crippen LogP contribution in [0.15, 0.2) is 0 Å². The van der Waals surface area contributed by atoms with E-state index in [0.29, 0.717) is 11.3 Å². The number of carbonyl (C=O) groups excluding carboxylic acids is 1. The number of hydrogen-bond donors (Lipinski definition) is 0. The van der Waals surface area contributed by atoms with Crippen molar-refractivity contribution in [3.63, 3.8) is 0 Å². The summed E-state index contributed by atoms with van der Waals surface area (Å²) >= 11 is 5.87. The van der Waals surface area contributed by atoms with E-state index in [9.17, 15) is 4.79 Å². The van der Waals surface area contributed by atoms with Crippen LogP contribution >= 0.6 is 11.6 Å². The Hall–Kier alpha value is -0.240. The van der Waals surface area contributed by atoms with Gasteiger partial charge in [0.15, 0.2) is 0 Å². The zero-order valence-corrected chi connectivity index (χ0v) is 9.34. The number of halogens is 1. The Labute approximate surface area is 85.2 Å². The smallest absolute Gasteiger partial charge is 0.224 e. The van der Waals surface area contributed by atoms with Gasteiger partial charge in [-0.25, -0.2) is 0 Å². The lowest BCUT2D eigenvalue weighted by molar-refractivity contribution is -0.134. The molecule has 1 saturated carbocycles. The summed E-state index contributed by atoms with van der Waals surface area (Å²) < 4.78 is 0. The molecule has 1 aliphatic rings. The van der Waals surface area contributed by atoms with Crippen molar-refractivity contribution >= 4 is 17.5 Å². The second-order valence-corrected chi connectivity index (χ2v) is 4.93. The molecule has 0 unspecified atom stereocenters. The van der Waals surface area contributed by atoms with Crippen molar-refractivity contribution in [2.24, 2.45) is 11.8 Å². The van der Waals surface area contributed by atoms with Gasteiger partial charge in [0.05, 0.1) is 0 Å². The molecule has 13 heavy (non-hydrogen) atoms. The van der Waals surface area contributed by atoms with Gasteiger partial charge in [0, 0.05) is 24.9 Å². The third-order valence-corrected chi connectivity index (χ3v) is 2.94. The van der Waals surface area contributed by atoms with Crippen LogP contribution in [0.25, 0.3) is 0 Å². The van der Waals surface area contributed by atoms with Crippen LogP contribution in [0.2, 0.25) is 0 Å². The minimum Gasteiger partial charge on any atom is -0.345 e. The lowest BCUT2D eigenvalue weighted by Gasteiger charge is -2.34. The first kappa shape index (κ1) is 10.8. The van der Waals surface area contributed by atoms with E-state index >= 15 is 0 Å². The monoisotopic (exact) mass is 203 g/mol. The van der Waals surface area contributed by atoms with Gasteiger partial charge in [-0.3, -0.25) is 4.79 Å². The zero-order chi connectivity index (χ0) is 10.0. The number of hydrogen-bond acceptors (Lipinski definition) is 1. The maximum absolute atomic E-state index is 11.5. The van der Waals surface area contributed by atoms with Gasteiger partial charge in [-0.2, -0.15) is 0 Å². The van der Waals surface area contributed by atoms with Gasteiger partial charge < -0.3 is 4.90 Å². The summed E-state index contributed by atoms with van der Waals surface area (Å²) in [5.41, 5.74) is 0. The van der Waals surface area contributed by atoms with Gasteiger partial charge in [-0.15, -0.1) is 11.6 Å². The Bertz CT molecular complexity index is 187. The summed E-state index contributed by atoms with van der Waals surface area (Å²) in [6, 6.07) is 0. The first-order valence-electron chi connectivity index (χ1n) is 4.89. The molecule has 0 aliphatic heterocycles. The van der Waals surface area contributed by atoms with Crippen LogP contribution in [0.5, 0.6) is 0 Å². The van der Waals surface area contributed by atoms with E-state index in [0.717, 1.165) is 19.4 Å². The van der Waals surface area contributed by atoms with Crippen LogP contribution in [0, 0.1) is 11.8 Å². The van der Waals surface area contributed by atoms with Gasteiger partial charge in [0.2, 0.25) is 5.91 Å². The van der Waals surface area contributed by atoms with Gasteiger partial charge in [0.25, 0.3) is 0 Å². The molecule has 0 aromatic rings. The van der Waals surface area contributed by atoms with Gasteiger partial charge in [0.1, 0.15) is 0 Å². The molecule has 0 atom stereocenters. The third-order valence-electron chi connectivity index (χ3n) is 2.58. The molecule has 0 saturated heterocycles. The molecule has 0 bridgehead atoms. The summed E-state index contributed by atoms with van der Waals surface area (Å²) in [6.45, 7) is 4.74. The minimum atomic E-state index is 0.108. The van der Waals surface area contributed by atoms with E-state index in [1.54, 1.807) is 0 Å². The normalized spacial score (nSPS) is 27.2. The molecule has 0 spiro atoms. The van der Waals surface area contributed by atoms with Crippen LogP contribution in [-0.4, -0.2) is 29.8 Å². The second kappa shape index (κ2) is 4.32. The Morgan fingerprint density at radius 2 is 2.08 bits per heavy atom. The summed E-state index contributed by atoms with van der Waals surface area (Å²) in [7, 11) is 1.88. The summed E-state index contributed by atoms with van der Waals surface area (Å²) in [5, 5.41) is 0.354. The highest BCUT2D eigenvalue weighted by Gasteiger charge is 2.29. The predicted octanol–water partition coefficient (Wildman–Crippen LogP) is 2.12. The summed E-state index contributed by atoms with van der Waals surface area (Å²) in [6.07, 6.45) is 2.13. The molecule has 2 nitrogen and oxygen atoms in total. The molecular formula is C10H18ClNO. The number of carbonyl (C=O) groups is 1. The largest absolute Gasteiger partial charge is 0.345 e. The quantitative estimate of drug-likeness (QED) is 0.644. The zero-order valence-electron chi connectivity index (χ0n) is 8.59. The van der Waals surface area contributed by atoms with Crippen molar-refractivity contribution in [3.05, 3.63) is 0 Å². The Kier molecular flexibility index (Phi) is 3.60. The average Bonchev–Trinajstić information content (AvgIpc) is 2.00. The lowest BCUT2D eigenvalue weighted by atomic mass is 9.84. The Morgan fingerprint density at radius 3 is 2.46 bits per heavy atom. The predicted molar refractivity (Wildman–Crippen MR) is 54.8 cm³/mol. The number of nitrogens with zero attached hydrogens (tertiary/aromatic N) is 1. The average molecular weight is 204 g/mol. The maximum Gasteiger partial charge on any atom is 0.224 e. The van der Waals surface area contributed by atoms with Crippen molar-refractivity contribution in [2.45, 2.75) is 32.1 Å². The first-order valence-corrected chi connectivity index (χ1v) is 5.33. The maximum atomic E-state index is 11.5. The molecule has 0 aromatic heterocycles. The number of alkyl halides is 1. The van der Waals surface area contributed by atoms with Crippen LogP contribution < -0.4 is 0 Å². The third kappa shape index (κ3) is 2.87. The highest BCUT2D eigenvalue weighted by Crippen LogP contribution is 2.32. The standard InChI is InChI=1S/C10H18ClNO/c1-7(2)10(13)12(3)6-8-4-9(11)5-8/h7-9H,4-6H2,1-3H3. The van der Waals surface area contributed by atoms with E-state index < -0.39 is 0 Å². The van der Waals surface area contributed by atoms with Crippen molar-refractivity contribution < 1.29 is 4.79 Å². The van der Waals surface area contributed by atoms with E-state index in [4.69, 9.17) is 11.6 Å². The van der Waals surface area contributed by atoms with Crippen LogP contribution in [0.4, 0.5) is 0 Å². The molecule has 1 rings (SSSR count). The van der Waals surface area contributed by atoms with Crippen LogP contribution in [0.3, 0.4) is 0 Å². The van der Waals surface area contributed by atoms with Gasteiger partial charge in [-0.05, 0) is 18.8 Å². The summed E-state index contributed by atoms with van der Waals surface area (Å²) in [4.78, 5) is 13.3. The number of rotatable bonds is 3. The van der Waals surface area contributed by atoms with E-state index in [-0.39, 0.29) is 11.8 Å². The SMILES string of the molecule is CC(C)C(=O)N(C)CC1CC(Cl)C1. The molecule has 0 heterocycles. The molecule has 0 radical (unpaired) electrons. The van der Waals surface area contributed by atoms with Gasteiger partial charge in [-0.1, -0.05) is 13.8 Å². The fraction of sp³-hybridized carbons (Fsp3) is 0.900. The lowest BCUT2D eigenvalue weighted by Crippen LogP contribution is -2.39. The molecule has 1 fully saturated rings. The molecule has 0 aromatic carbocycles. The fourth-order valence-corrected chi connectivity index (χ4v) is 2.23. The van der Waals surface area contributed by atoms with Crippen LogP contribution in [0.1, 0.15) is 26.7 Å². The summed E-state index contributed by atoms with van der Waals surface area (Å²) in [5.74, 6) is 0.977. The highest BCUT2D eigenvalue weighted by molar-refractivity contribution is 6.21. The number of amides is 1. The van der Waals surface area contributed by atoms with Crippen molar-refractivity contribution in [1.29, 1.82) is 0 Å². The van der Waals surface area contributed by atoms with Crippen molar-refractivity contribution in [3.8, 4) is 0 Å². The van der Waals surface area contributed by atoms with E-state index in [1.807, 2.05) is 25.8 Å². The fourth-order valence-electron chi connectivity index (χ4n) is 1.72. The molecule has 0 N–H and O–H groups in total. The molecule has 1 aliphatic carbocycles. The molecular weight excluding hydrogens is 186 g/mol.